The van der Waals surface area contributed by atoms with Gasteiger partial charge in [-0.2, -0.15) is 4.31 Å². The molecule has 0 bridgehead atoms. The molecule has 1 rings (SSSR count). The number of hydrogen-bond donors (Lipinski definition) is 1. The molecule has 7 heteroatoms. The zero-order valence-corrected chi connectivity index (χ0v) is 12.8. The minimum atomic E-state index is -3.62. The van der Waals surface area contributed by atoms with Gasteiger partial charge in [0.15, 0.2) is 0 Å². The van der Waals surface area contributed by atoms with Crippen LogP contribution in [-0.4, -0.2) is 46.6 Å². The van der Waals surface area contributed by atoms with E-state index in [0.29, 0.717) is 18.7 Å². The molecule has 20 heavy (non-hydrogen) atoms. The number of benzene rings is 1. The van der Waals surface area contributed by atoms with Gasteiger partial charge in [0.25, 0.3) is 0 Å². The van der Waals surface area contributed by atoms with Crippen molar-refractivity contribution in [3.05, 3.63) is 29.6 Å². The third-order valence-corrected chi connectivity index (χ3v) is 4.89. The van der Waals surface area contributed by atoms with E-state index in [-0.39, 0.29) is 18.0 Å². The van der Waals surface area contributed by atoms with Crippen molar-refractivity contribution >= 4 is 10.0 Å². The van der Waals surface area contributed by atoms with Crippen molar-refractivity contribution in [3.8, 4) is 0 Å². The molecular formula is C13H21FN2O3S. The Kier molecular flexibility index (Phi) is 6.54. The van der Waals surface area contributed by atoms with Gasteiger partial charge in [0.05, 0.1) is 11.5 Å². The van der Waals surface area contributed by atoms with Gasteiger partial charge in [-0.15, -0.1) is 0 Å². The number of sulfonamides is 1. The first-order chi connectivity index (χ1) is 9.47. The van der Waals surface area contributed by atoms with Gasteiger partial charge < -0.3 is 10.1 Å². The van der Waals surface area contributed by atoms with Crippen LogP contribution in [0.5, 0.6) is 0 Å². The molecule has 1 aromatic carbocycles. The molecule has 0 saturated heterocycles. The number of hydrogen-bond acceptors (Lipinski definition) is 4. The molecule has 0 aliphatic heterocycles. The maximum atomic E-state index is 13.6. The molecule has 0 radical (unpaired) electrons. The van der Waals surface area contributed by atoms with Crippen molar-refractivity contribution in [1.82, 2.24) is 9.62 Å². The number of methoxy groups -OCH3 is 1. The van der Waals surface area contributed by atoms with E-state index in [1.54, 1.807) is 14.0 Å². The summed E-state index contributed by atoms with van der Waals surface area (Å²) < 4.78 is 44.7. The molecule has 5 nitrogen and oxygen atoms in total. The lowest BCUT2D eigenvalue weighted by Gasteiger charge is -2.20. The highest BCUT2D eigenvalue weighted by Crippen LogP contribution is 2.19. The Balaban J connectivity index is 3.10. The molecule has 0 aliphatic carbocycles. The Hall–Kier alpha value is -1.02. The summed E-state index contributed by atoms with van der Waals surface area (Å²) in [6, 6.07) is 3.85. The van der Waals surface area contributed by atoms with Crippen LogP contribution in [0.15, 0.2) is 23.1 Å². The average Bonchev–Trinajstić information content (AvgIpc) is 2.42. The van der Waals surface area contributed by atoms with Gasteiger partial charge in [-0.25, -0.2) is 12.8 Å². The Morgan fingerprint density at radius 2 is 2.10 bits per heavy atom. The van der Waals surface area contributed by atoms with Gasteiger partial charge in [-0.05, 0) is 25.2 Å². The first kappa shape index (κ1) is 17.0. The van der Waals surface area contributed by atoms with Crippen LogP contribution in [0, 0.1) is 5.82 Å². The van der Waals surface area contributed by atoms with Crippen LogP contribution in [-0.2, 0) is 21.3 Å². The van der Waals surface area contributed by atoms with Crippen molar-refractivity contribution in [2.75, 3.05) is 33.9 Å². The van der Waals surface area contributed by atoms with E-state index in [2.05, 4.69) is 5.32 Å². The average molecular weight is 304 g/mol. The summed E-state index contributed by atoms with van der Waals surface area (Å²) in [5, 5.41) is 2.81. The van der Waals surface area contributed by atoms with Gasteiger partial charge in [-0.1, -0.05) is 6.92 Å². The molecule has 0 heterocycles. The standard InChI is InChI=1S/C13H21FN2O3S/c1-4-16(7-8-19-3)20(17,18)12-5-6-13(14)11(9-12)10-15-2/h5-6,9,15H,4,7-8,10H2,1-3H3. The maximum absolute atomic E-state index is 13.6. The van der Waals surface area contributed by atoms with Crippen molar-refractivity contribution in [3.63, 3.8) is 0 Å². The molecule has 1 aromatic rings. The highest BCUT2D eigenvalue weighted by Gasteiger charge is 2.23. The predicted octanol–water partition coefficient (Wildman–Crippen LogP) is 1.20. The fraction of sp³-hybridized carbons (Fsp3) is 0.538. The predicted molar refractivity (Wildman–Crippen MR) is 75.5 cm³/mol. The molecule has 0 saturated carbocycles. The lowest BCUT2D eigenvalue weighted by Crippen LogP contribution is -2.33. The van der Waals surface area contributed by atoms with E-state index >= 15 is 0 Å². The highest BCUT2D eigenvalue weighted by atomic mass is 32.2. The van der Waals surface area contributed by atoms with Gasteiger partial charge in [0.2, 0.25) is 10.0 Å². The van der Waals surface area contributed by atoms with Crippen molar-refractivity contribution in [1.29, 1.82) is 0 Å². The number of nitrogens with zero attached hydrogens (tertiary/aromatic N) is 1. The monoisotopic (exact) mass is 304 g/mol. The van der Waals surface area contributed by atoms with Gasteiger partial charge in [-0.3, -0.25) is 0 Å². The fourth-order valence-electron chi connectivity index (χ4n) is 1.83. The molecular weight excluding hydrogens is 283 g/mol. The summed E-state index contributed by atoms with van der Waals surface area (Å²) in [7, 11) is -0.427. The second kappa shape index (κ2) is 7.68. The second-order valence-electron chi connectivity index (χ2n) is 4.27. The molecule has 0 spiro atoms. The summed E-state index contributed by atoms with van der Waals surface area (Å²) in [5.41, 5.74) is 0.330. The van der Waals surface area contributed by atoms with Crippen molar-refractivity contribution < 1.29 is 17.5 Å². The zero-order chi connectivity index (χ0) is 15.2. The van der Waals surface area contributed by atoms with Crippen molar-refractivity contribution in [2.45, 2.75) is 18.4 Å². The van der Waals surface area contributed by atoms with E-state index in [1.807, 2.05) is 0 Å². The van der Waals surface area contributed by atoms with E-state index in [0.717, 1.165) is 0 Å². The molecule has 1 N–H and O–H groups in total. The van der Waals surface area contributed by atoms with E-state index < -0.39 is 15.8 Å². The smallest absolute Gasteiger partial charge is 0.243 e. The SMILES string of the molecule is CCN(CCOC)S(=O)(=O)c1ccc(F)c(CNC)c1. The summed E-state index contributed by atoms with van der Waals surface area (Å²) in [6.07, 6.45) is 0. The summed E-state index contributed by atoms with van der Waals surface area (Å²) in [5.74, 6) is -0.418. The molecule has 0 atom stereocenters. The molecule has 0 amide bonds. The van der Waals surface area contributed by atoms with Crippen LogP contribution in [0.25, 0.3) is 0 Å². The van der Waals surface area contributed by atoms with Crippen LogP contribution >= 0.6 is 0 Å². The highest BCUT2D eigenvalue weighted by molar-refractivity contribution is 7.89. The minimum absolute atomic E-state index is 0.0992. The van der Waals surface area contributed by atoms with Crippen LogP contribution < -0.4 is 5.32 Å². The number of nitrogens with one attached hydrogen (secondary N) is 1. The van der Waals surface area contributed by atoms with Gasteiger partial charge in [0.1, 0.15) is 5.82 Å². The lowest BCUT2D eigenvalue weighted by atomic mass is 10.2. The Bertz CT molecular complexity index is 534. The van der Waals surface area contributed by atoms with Crippen LogP contribution in [0.1, 0.15) is 12.5 Å². The van der Waals surface area contributed by atoms with Crippen LogP contribution in [0.3, 0.4) is 0 Å². The second-order valence-corrected chi connectivity index (χ2v) is 6.21. The van der Waals surface area contributed by atoms with E-state index in [1.165, 1.54) is 29.6 Å². The molecule has 0 aromatic heterocycles. The summed E-state index contributed by atoms with van der Waals surface area (Å²) >= 11 is 0. The van der Waals surface area contributed by atoms with Crippen LogP contribution in [0.4, 0.5) is 4.39 Å². The fourth-order valence-corrected chi connectivity index (χ4v) is 3.31. The van der Waals surface area contributed by atoms with Crippen molar-refractivity contribution in [2.24, 2.45) is 0 Å². The molecule has 0 aliphatic rings. The lowest BCUT2D eigenvalue weighted by molar-refractivity contribution is 0.180. The number of rotatable bonds is 8. The Morgan fingerprint density at radius 1 is 1.40 bits per heavy atom. The first-order valence-electron chi connectivity index (χ1n) is 6.39. The third-order valence-electron chi connectivity index (χ3n) is 2.92. The van der Waals surface area contributed by atoms with Crippen LogP contribution in [0.2, 0.25) is 0 Å². The summed E-state index contributed by atoms with van der Waals surface area (Å²) in [4.78, 5) is 0.0992. The normalized spacial score (nSPS) is 12.1. The third kappa shape index (κ3) is 3.99. The Morgan fingerprint density at radius 3 is 2.65 bits per heavy atom. The largest absolute Gasteiger partial charge is 0.383 e. The molecule has 114 valence electrons. The topological polar surface area (TPSA) is 58.6 Å². The number of ether oxygens (including phenoxy) is 1. The minimum Gasteiger partial charge on any atom is -0.383 e. The molecule has 0 fully saturated rings. The molecule has 0 unspecified atom stereocenters. The van der Waals surface area contributed by atoms with E-state index in [9.17, 15) is 12.8 Å². The zero-order valence-electron chi connectivity index (χ0n) is 12.0. The van der Waals surface area contributed by atoms with Gasteiger partial charge in [0, 0.05) is 32.3 Å². The number of likely N-dealkylation sites (N-methyl/N-ethyl adjacent to an activating group) is 1. The first-order valence-corrected chi connectivity index (χ1v) is 7.83. The quantitative estimate of drug-likeness (QED) is 0.784. The Labute approximate surface area is 119 Å². The summed E-state index contributed by atoms with van der Waals surface area (Å²) in [6.45, 7) is 2.96. The number of halogens is 1. The van der Waals surface area contributed by atoms with E-state index in [4.69, 9.17) is 4.74 Å². The van der Waals surface area contributed by atoms with Gasteiger partial charge >= 0.3 is 0 Å². The maximum Gasteiger partial charge on any atom is 0.243 e.